The largest absolute Gasteiger partial charge is 0.357 e. The first-order valence-corrected chi connectivity index (χ1v) is 6.55. The van der Waals surface area contributed by atoms with Crippen molar-refractivity contribution in [3.8, 4) is 0 Å². The molecular formula is C13H19ClN2. The number of hydrogen-bond donors (Lipinski definition) is 0. The Morgan fingerprint density at radius 2 is 2.12 bits per heavy atom. The molecule has 1 aromatic rings. The van der Waals surface area contributed by atoms with Crippen molar-refractivity contribution in [1.29, 1.82) is 0 Å². The van der Waals surface area contributed by atoms with Gasteiger partial charge in [0, 0.05) is 13.1 Å². The van der Waals surface area contributed by atoms with Crippen LogP contribution in [-0.4, -0.2) is 18.1 Å². The van der Waals surface area contributed by atoms with Crippen molar-refractivity contribution in [3.63, 3.8) is 0 Å². The summed E-state index contributed by atoms with van der Waals surface area (Å²) >= 11 is 5.90. The summed E-state index contributed by atoms with van der Waals surface area (Å²) in [5, 5.41) is 0.591. The first kappa shape index (κ1) is 11.7. The van der Waals surface area contributed by atoms with Gasteiger partial charge in [-0.15, -0.1) is 0 Å². The van der Waals surface area contributed by atoms with Crippen LogP contribution in [0.1, 0.15) is 32.6 Å². The van der Waals surface area contributed by atoms with E-state index in [1.165, 1.54) is 25.7 Å². The molecule has 0 bridgehead atoms. The third-order valence-electron chi connectivity index (χ3n) is 3.34. The van der Waals surface area contributed by atoms with E-state index in [4.69, 9.17) is 11.6 Å². The second-order valence-electron chi connectivity index (χ2n) is 4.54. The minimum Gasteiger partial charge on any atom is -0.357 e. The molecule has 16 heavy (non-hydrogen) atoms. The van der Waals surface area contributed by atoms with Crippen LogP contribution >= 0.6 is 11.6 Å². The minimum absolute atomic E-state index is 0.591. The molecule has 1 saturated heterocycles. The lowest BCUT2D eigenvalue weighted by atomic mass is 9.92. The second-order valence-corrected chi connectivity index (χ2v) is 4.92. The van der Waals surface area contributed by atoms with E-state index in [-0.39, 0.29) is 0 Å². The maximum Gasteiger partial charge on any atom is 0.131 e. The molecule has 1 aliphatic rings. The van der Waals surface area contributed by atoms with Crippen LogP contribution in [-0.2, 0) is 0 Å². The van der Waals surface area contributed by atoms with E-state index in [9.17, 15) is 0 Å². The van der Waals surface area contributed by atoms with Crippen molar-refractivity contribution in [1.82, 2.24) is 4.98 Å². The van der Waals surface area contributed by atoms with Crippen molar-refractivity contribution < 1.29 is 0 Å². The molecule has 0 amide bonds. The van der Waals surface area contributed by atoms with E-state index in [2.05, 4.69) is 16.8 Å². The fourth-order valence-corrected chi connectivity index (χ4v) is 2.59. The Hall–Kier alpha value is -0.760. The Balaban J connectivity index is 1.94. The van der Waals surface area contributed by atoms with Gasteiger partial charge in [-0.3, -0.25) is 0 Å². The molecule has 88 valence electrons. The van der Waals surface area contributed by atoms with Crippen molar-refractivity contribution in [3.05, 3.63) is 23.4 Å². The zero-order valence-electron chi connectivity index (χ0n) is 9.82. The van der Waals surface area contributed by atoms with Gasteiger partial charge in [0.1, 0.15) is 11.0 Å². The molecule has 2 rings (SSSR count). The molecule has 2 nitrogen and oxygen atoms in total. The fraction of sp³-hybridized carbons (Fsp3) is 0.615. The molecule has 0 radical (unpaired) electrons. The molecule has 3 heteroatoms. The SMILES string of the molecule is CCCC1CCN(c2cccc(Cl)n2)CC1. The predicted octanol–water partition coefficient (Wildman–Crippen LogP) is 3.75. The summed E-state index contributed by atoms with van der Waals surface area (Å²) in [6.45, 7) is 4.51. The van der Waals surface area contributed by atoms with Crippen LogP contribution in [0.2, 0.25) is 5.15 Å². The van der Waals surface area contributed by atoms with E-state index in [0.29, 0.717) is 5.15 Å². The average molecular weight is 239 g/mol. The van der Waals surface area contributed by atoms with E-state index in [1.54, 1.807) is 0 Å². The molecule has 0 saturated carbocycles. The highest BCUT2D eigenvalue weighted by atomic mass is 35.5. The normalized spacial score (nSPS) is 17.8. The highest BCUT2D eigenvalue weighted by molar-refractivity contribution is 6.29. The Kier molecular flexibility index (Phi) is 4.05. The smallest absolute Gasteiger partial charge is 0.131 e. The van der Waals surface area contributed by atoms with Crippen LogP contribution in [0.5, 0.6) is 0 Å². The number of pyridine rings is 1. The summed E-state index contributed by atoms with van der Waals surface area (Å²) in [4.78, 5) is 6.70. The van der Waals surface area contributed by atoms with Crippen molar-refractivity contribution in [2.45, 2.75) is 32.6 Å². The van der Waals surface area contributed by atoms with Gasteiger partial charge in [-0.2, -0.15) is 0 Å². The lowest BCUT2D eigenvalue weighted by Crippen LogP contribution is -2.34. The quantitative estimate of drug-likeness (QED) is 0.746. The number of piperidine rings is 1. The molecule has 0 unspecified atom stereocenters. The number of hydrogen-bond acceptors (Lipinski definition) is 2. The van der Waals surface area contributed by atoms with E-state index >= 15 is 0 Å². The Morgan fingerprint density at radius 1 is 1.38 bits per heavy atom. The second kappa shape index (κ2) is 5.53. The van der Waals surface area contributed by atoms with Crippen LogP contribution in [0.15, 0.2) is 18.2 Å². The molecule has 2 heterocycles. The van der Waals surface area contributed by atoms with Gasteiger partial charge >= 0.3 is 0 Å². The maximum absolute atomic E-state index is 5.90. The van der Waals surface area contributed by atoms with Gasteiger partial charge in [-0.05, 0) is 30.9 Å². The van der Waals surface area contributed by atoms with E-state index < -0.39 is 0 Å². The summed E-state index contributed by atoms with van der Waals surface area (Å²) in [6.07, 6.45) is 5.26. The van der Waals surface area contributed by atoms with Crippen LogP contribution in [0.4, 0.5) is 5.82 Å². The zero-order valence-corrected chi connectivity index (χ0v) is 10.6. The van der Waals surface area contributed by atoms with Crippen LogP contribution < -0.4 is 4.90 Å². The third kappa shape index (κ3) is 2.88. The lowest BCUT2D eigenvalue weighted by Gasteiger charge is -2.32. The standard InChI is InChI=1S/C13H19ClN2/c1-2-4-11-7-9-16(10-8-11)13-6-3-5-12(14)15-13/h3,5-6,11H,2,4,7-10H2,1H3. The van der Waals surface area contributed by atoms with Gasteiger partial charge in [0.15, 0.2) is 0 Å². The summed E-state index contributed by atoms with van der Waals surface area (Å²) in [5.41, 5.74) is 0. The number of halogens is 1. The lowest BCUT2D eigenvalue weighted by molar-refractivity contribution is 0.377. The molecule has 1 fully saturated rings. The Labute approximate surface area is 103 Å². The van der Waals surface area contributed by atoms with Gasteiger partial charge in [0.05, 0.1) is 0 Å². The Bertz CT molecular complexity index is 332. The van der Waals surface area contributed by atoms with Gasteiger partial charge in [-0.25, -0.2) is 4.98 Å². The first-order chi connectivity index (χ1) is 7.79. The monoisotopic (exact) mass is 238 g/mol. The average Bonchev–Trinajstić information content (AvgIpc) is 2.30. The summed E-state index contributed by atoms with van der Waals surface area (Å²) in [7, 11) is 0. The summed E-state index contributed by atoms with van der Waals surface area (Å²) < 4.78 is 0. The molecule has 0 N–H and O–H groups in total. The van der Waals surface area contributed by atoms with Crippen LogP contribution in [0.3, 0.4) is 0 Å². The molecule has 0 atom stereocenters. The zero-order chi connectivity index (χ0) is 11.4. The van der Waals surface area contributed by atoms with Gasteiger partial charge in [0.2, 0.25) is 0 Å². The molecular weight excluding hydrogens is 220 g/mol. The van der Waals surface area contributed by atoms with Crippen LogP contribution in [0.25, 0.3) is 0 Å². The van der Waals surface area contributed by atoms with Gasteiger partial charge < -0.3 is 4.90 Å². The maximum atomic E-state index is 5.90. The molecule has 0 spiro atoms. The highest BCUT2D eigenvalue weighted by Gasteiger charge is 2.19. The summed E-state index contributed by atoms with van der Waals surface area (Å²) in [5.74, 6) is 1.95. The molecule has 1 aliphatic heterocycles. The van der Waals surface area contributed by atoms with Crippen LogP contribution in [0, 0.1) is 5.92 Å². The first-order valence-electron chi connectivity index (χ1n) is 6.17. The van der Waals surface area contributed by atoms with Crippen molar-refractivity contribution >= 4 is 17.4 Å². The number of aromatic nitrogens is 1. The van der Waals surface area contributed by atoms with Gasteiger partial charge in [0.25, 0.3) is 0 Å². The number of anilines is 1. The topological polar surface area (TPSA) is 16.1 Å². The number of nitrogens with zero attached hydrogens (tertiary/aromatic N) is 2. The van der Waals surface area contributed by atoms with Crippen molar-refractivity contribution in [2.75, 3.05) is 18.0 Å². The molecule has 0 aliphatic carbocycles. The van der Waals surface area contributed by atoms with Gasteiger partial charge in [-0.1, -0.05) is 37.4 Å². The number of rotatable bonds is 3. The highest BCUT2D eigenvalue weighted by Crippen LogP contribution is 2.25. The van der Waals surface area contributed by atoms with E-state index in [0.717, 1.165) is 24.8 Å². The third-order valence-corrected chi connectivity index (χ3v) is 3.55. The van der Waals surface area contributed by atoms with E-state index in [1.807, 2.05) is 18.2 Å². The molecule has 0 aromatic carbocycles. The fourth-order valence-electron chi connectivity index (χ4n) is 2.43. The minimum atomic E-state index is 0.591. The van der Waals surface area contributed by atoms with Crippen molar-refractivity contribution in [2.24, 2.45) is 5.92 Å². The molecule has 1 aromatic heterocycles. The Morgan fingerprint density at radius 3 is 2.75 bits per heavy atom. The summed E-state index contributed by atoms with van der Waals surface area (Å²) in [6, 6.07) is 5.85. The predicted molar refractivity (Wildman–Crippen MR) is 69.1 cm³/mol.